The van der Waals surface area contributed by atoms with Crippen LogP contribution in [0, 0.1) is 21.4 Å². The number of pyridine rings is 1. The van der Waals surface area contributed by atoms with E-state index in [9.17, 15) is 28.4 Å². The van der Waals surface area contributed by atoms with E-state index in [-0.39, 0.29) is 34.7 Å². The van der Waals surface area contributed by atoms with Gasteiger partial charge in [-0.3, -0.25) is 19.8 Å². The fourth-order valence-electron chi connectivity index (χ4n) is 12.7. The molecule has 11 rings (SSSR count). The number of carbonyl (C=O) groups is 1. The van der Waals surface area contributed by atoms with Gasteiger partial charge in [-0.2, -0.15) is 4.98 Å². The Bertz CT molecular complexity index is 2930. The third-order valence-electron chi connectivity index (χ3n) is 16.8. The first-order valence-electron chi connectivity index (χ1n) is 25.7. The molecule has 6 heterocycles. The molecule has 16 nitrogen and oxygen atoms in total. The number of nitro benzene ring substituents is 1. The molecular weight excluding hydrogens is 921 g/mol. The van der Waals surface area contributed by atoms with Crippen molar-refractivity contribution in [3.8, 4) is 5.88 Å². The highest BCUT2D eigenvalue weighted by Gasteiger charge is 2.50. The largest absolute Gasteiger partial charge is 0.470 e. The molecule has 2 aromatic heterocycles. The van der Waals surface area contributed by atoms with Gasteiger partial charge in [-0.15, -0.1) is 0 Å². The number of aromatic amines is 1. The number of amides is 1. The summed E-state index contributed by atoms with van der Waals surface area (Å²) < 4.78 is 43.2. The third-order valence-corrected chi connectivity index (χ3v) is 18.1. The van der Waals surface area contributed by atoms with Gasteiger partial charge in [0.25, 0.3) is 21.6 Å². The number of anilines is 4. The van der Waals surface area contributed by atoms with Crippen molar-refractivity contribution in [2.24, 2.45) is 11.3 Å². The summed E-state index contributed by atoms with van der Waals surface area (Å²) in [6.45, 7) is 10.5. The Balaban J connectivity index is 0.863. The van der Waals surface area contributed by atoms with E-state index in [1.54, 1.807) is 6.07 Å². The number of aliphatic hydroxyl groups is 1. The van der Waals surface area contributed by atoms with E-state index in [0.717, 1.165) is 62.5 Å². The highest BCUT2D eigenvalue weighted by atomic mass is 32.2. The summed E-state index contributed by atoms with van der Waals surface area (Å²) in [4.78, 5) is 41.3. The summed E-state index contributed by atoms with van der Waals surface area (Å²) in [6, 6.07) is 22.8. The smallest absolute Gasteiger partial charge is 0.293 e. The molecule has 3 aromatic carbocycles. The minimum atomic E-state index is -4.62. The highest BCUT2D eigenvalue weighted by Crippen LogP contribution is 2.55. The molecule has 1 amide bonds. The number of aromatic nitrogens is 2. The number of carbonyl (C=O) groups excluding carboxylic acids is 1. The molecule has 2 aliphatic carbocycles. The molecule has 17 heteroatoms. The van der Waals surface area contributed by atoms with Crippen LogP contribution in [0.15, 0.2) is 83.9 Å². The lowest BCUT2D eigenvalue weighted by atomic mass is 9.59. The van der Waals surface area contributed by atoms with E-state index in [1.807, 2.05) is 42.3 Å². The second-order valence-corrected chi connectivity index (χ2v) is 23.5. The molecule has 5 fully saturated rings. The zero-order valence-electron chi connectivity index (χ0n) is 40.9. The van der Waals surface area contributed by atoms with Crippen LogP contribution in [-0.2, 0) is 14.8 Å². The average Bonchev–Trinajstić information content (AvgIpc) is 4.03. The first-order chi connectivity index (χ1) is 34.1. The topological polar surface area (TPSA) is 196 Å². The molecule has 6 aliphatic rings. The van der Waals surface area contributed by atoms with Crippen molar-refractivity contribution in [3.05, 3.63) is 106 Å². The predicted octanol–water partition coefficient (Wildman–Crippen LogP) is 9.34. The predicted molar refractivity (Wildman–Crippen MR) is 273 cm³/mol. The van der Waals surface area contributed by atoms with Gasteiger partial charge in [0, 0.05) is 61.5 Å². The number of benzene rings is 3. The van der Waals surface area contributed by atoms with E-state index in [4.69, 9.17) is 14.5 Å². The van der Waals surface area contributed by atoms with Crippen LogP contribution in [0.1, 0.15) is 125 Å². The minimum absolute atomic E-state index is 0.109. The molecule has 2 saturated carbocycles. The molecule has 4 N–H and O–H groups in total. The molecule has 4 aliphatic heterocycles. The van der Waals surface area contributed by atoms with Crippen LogP contribution in [0.25, 0.3) is 11.0 Å². The normalized spacial score (nSPS) is 25.6. The minimum Gasteiger partial charge on any atom is -0.470 e. The Morgan fingerprint density at radius 2 is 1.76 bits per heavy atom. The van der Waals surface area contributed by atoms with Crippen molar-refractivity contribution >= 4 is 55.4 Å². The number of ether oxygens (including phenoxy) is 2. The lowest BCUT2D eigenvalue weighted by Gasteiger charge is -2.56. The third kappa shape index (κ3) is 9.23. The van der Waals surface area contributed by atoms with E-state index in [0.29, 0.717) is 79.9 Å². The fraction of sp³-hybridized carbons (Fsp3) is 0.519. The van der Waals surface area contributed by atoms with E-state index < -0.39 is 37.0 Å². The van der Waals surface area contributed by atoms with Gasteiger partial charge in [-0.1, -0.05) is 38.1 Å². The lowest BCUT2D eigenvalue weighted by Crippen LogP contribution is -2.55. The van der Waals surface area contributed by atoms with Crippen molar-refractivity contribution in [1.82, 2.24) is 19.6 Å². The molecule has 71 heavy (non-hydrogen) atoms. The zero-order valence-corrected chi connectivity index (χ0v) is 41.8. The number of nitro groups is 1. The van der Waals surface area contributed by atoms with Crippen molar-refractivity contribution in [1.29, 1.82) is 0 Å². The highest BCUT2D eigenvalue weighted by molar-refractivity contribution is 7.90. The Hall–Kier alpha value is -5.75. The molecule has 3 atom stereocenters. The van der Waals surface area contributed by atoms with Gasteiger partial charge in [-0.05, 0) is 149 Å². The number of sulfonamides is 1. The summed E-state index contributed by atoms with van der Waals surface area (Å²) >= 11 is 0. The molecule has 0 unspecified atom stereocenters. The second-order valence-electron chi connectivity index (χ2n) is 21.8. The number of fused-ring (bicyclic) bond motifs is 3. The maximum absolute atomic E-state index is 14.7. The van der Waals surface area contributed by atoms with Crippen LogP contribution < -0.4 is 24.6 Å². The van der Waals surface area contributed by atoms with Crippen molar-refractivity contribution in [2.75, 3.05) is 54.5 Å². The quantitative estimate of drug-likeness (QED) is 0.0683. The molecule has 0 radical (unpaired) electrons. The summed E-state index contributed by atoms with van der Waals surface area (Å²) in [5.74, 6) is 0.207. The first kappa shape index (κ1) is 47.6. The van der Waals surface area contributed by atoms with Crippen LogP contribution in [-0.4, -0.2) is 102 Å². The monoisotopic (exact) mass is 986 g/mol. The summed E-state index contributed by atoms with van der Waals surface area (Å²) in [7, 11) is -4.62. The molecule has 376 valence electrons. The van der Waals surface area contributed by atoms with E-state index in [2.05, 4.69) is 62.9 Å². The number of hydrogen-bond donors (Lipinski definition) is 4. The fourth-order valence-corrected chi connectivity index (χ4v) is 13.7. The van der Waals surface area contributed by atoms with Gasteiger partial charge in [0.2, 0.25) is 5.88 Å². The number of likely N-dealkylation sites (tertiary alicyclic amines) is 1. The van der Waals surface area contributed by atoms with Gasteiger partial charge >= 0.3 is 0 Å². The average molecular weight is 987 g/mol. The van der Waals surface area contributed by atoms with Crippen molar-refractivity contribution in [3.63, 3.8) is 0 Å². The number of nitrogens with zero attached hydrogens (tertiary/aromatic N) is 5. The number of piperidine rings is 1. The van der Waals surface area contributed by atoms with Gasteiger partial charge in [0.15, 0.2) is 0 Å². The van der Waals surface area contributed by atoms with Crippen LogP contribution >= 0.6 is 0 Å². The van der Waals surface area contributed by atoms with Crippen molar-refractivity contribution in [2.45, 2.75) is 132 Å². The number of nitrogens with one attached hydrogen (secondary N) is 3. The Morgan fingerprint density at radius 1 is 0.972 bits per heavy atom. The zero-order chi connectivity index (χ0) is 49.2. The first-order valence-corrected chi connectivity index (χ1v) is 27.2. The Morgan fingerprint density at radius 3 is 2.54 bits per heavy atom. The van der Waals surface area contributed by atoms with E-state index in [1.165, 1.54) is 48.9 Å². The Kier molecular flexibility index (Phi) is 12.5. The van der Waals surface area contributed by atoms with Crippen LogP contribution in [0.5, 0.6) is 5.88 Å². The van der Waals surface area contributed by atoms with Gasteiger partial charge in [0.05, 0.1) is 45.9 Å². The van der Waals surface area contributed by atoms with Gasteiger partial charge in [-0.25, -0.2) is 13.1 Å². The molecule has 5 aromatic rings. The number of hydrogen-bond acceptors (Lipinski definition) is 13. The SMILES string of the molecule is CC(C)c1ccccc1[C@@H]1CCCN1C1CC2(CCN(c3ccc(C(=O)NS(=O)(=O)c4ccc(NCC5CCC(C)(O)CC5)c([N+](=O)[O-])c4)c(N4c5cc6cc[nH]c6nc5O[C@H]5CCOC[C@H]54)c3)CC2)C1. The number of rotatable bonds is 12. The second kappa shape index (κ2) is 18.7. The maximum atomic E-state index is 14.7. The molecular formula is C54H66N8O8S. The molecule has 0 bridgehead atoms. The summed E-state index contributed by atoms with van der Waals surface area (Å²) in [5, 5.41) is 26.7. The Labute approximate surface area is 415 Å². The molecule has 1 spiro atoms. The summed E-state index contributed by atoms with van der Waals surface area (Å²) in [6.07, 6.45) is 11.8. The molecule has 3 saturated heterocycles. The summed E-state index contributed by atoms with van der Waals surface area (Å²) in [5.41, 5.74) is 5.10. The van der Waals surface area contributed by atoms with Crippen molar-refractivity contribution < 1.29 is 32.7 Å². The van der Waals surface area contributed by atoms with Crippen LogP contribution in [0.2, 0.25) is 0 Å². The van der Waals surface area contributed by atoms with Crippen LogP contribution in [0.3, 0.4) is 0 Å². The maximum Gasteiger partial charge on any atom is 0.293 e. The van der Waals surface area contributed by atoms with Crippen LogP contribution in [0.4, 0.5) is 28.4 Å². The number of H-pyrrole nitrogens is 1. The van der Waals surface area contributed by atoms with Gasteiger partial charge in [0.1, 0.15) is 23.1 Å². The standard InChI is InChI=1S/C54H66N8O8S/c1-34(2)40-7-4-5-8-41(40)44-9-6-23-60(44)38-30-54(31-38)20-24-59(25-21-54)37-10-12-42(45(28-37)61-47-27-36-16-22-55-50(36)57-52(47)70-49-17-26-69-33-48(49)61)51(63)58-71(67,68)39-11-13-43(46(29-39)62(65)66)56-32-35-14-18-53(3,64)19-15-35/h4-5,7-8,10-13,16,22,27-29,34-35,38,44,48-49,56,64H,6,9,14-15,17-21,23-26,30-33H2,1-3H3,(H,55,57)(H,58,63)/t35?,44-,48+,49-,53?/m0/s1. The van der Waals surface area contributed by atoms with E-state index >= 15 is 0 Å². The lowest BCUT2D eigenvalue weighted by molar-refractivity contribution is -0.384. The van der Waals surface area contributed by atoms with Gasteiger partial charge < -0.3 is 34.7 Å².